The van der Waals surface area contributed by atoms with Crippen molar-refractivity contribution in [3.05, 3.63) is 59.7 Å². The van der Waals surface area contributed by atoms with Gasteiger partial charge in [0, 0.05) is 26.1 Å². The van der Waals surface area contributed by atoms with Crippen LogP contribution in [0.3, 0.4) is 0 Å². The lowest BCUT2D eigenvalue weighted by atomic mass is 9.98. The molecule has 2 aromatic carbocycles. The number of ether oxygens (including phenoxy) is 2. The number of carbonyl (C=O) groups is 3. The molecule has 9 heteroatoms. The Labute approximate surface area is 199 Å². The maximum Gasteiger partial charge on any atom is 0.407 e. The lowest BCUT2D eigenvalue weighted by molar-refractivity contribution is -0.142. The number of benzene rings is 2. The van der Waals surface area contributed by atoms with E-state index in [2.05, 4.69) is 22.8 Å². The molecule has 0 saturated heterocycles. The Morgan fingerprint density at radius 2 is 1.62 bits per heavy atom. The molecule has 9 nitrogen and oxygen atoms in total. The number of alkyl carbamates (subject to hydrolysis) is 1. The minimum atomic E-state index is -1.12. The highest BCUT2D eigenvalue weighted by Gasteiger charge is 2.29. The number of fused-ring (bicyclic) bond motifs is 3. The first-order valence-electron chi connectivity index (χ1n) is 11.1. The van der Waals surface area contributed by atoms with Crippen LogP contribution < -0.4 is 10.6 Å². The summed E-state index contributed by atoms with van der Waals surface area (Å²) >= 11 is 0. The number of hydrogen-bond donors (Lipinski definition) is 3. The molecule has 0 radical (unpaired) electrons. The first-order chi connectivity index (χ1) is 16.3. The molecule has 2 amide bonds. The van der Waals surface area contributed by atoms with Crippen LogP contribution in [0, 0.1) is 0 Å². The maximum absolute atomic E-state index is 12.3. The number of carboxylic acid groups (broad SMARTS) is 1. The van der Waals surface area contributed by atoms with E-state index < -0.39 is 30.1 Å². The van der Waals surface area contributed by atoms with Gasteiger partial charge < -0.3 is 30.1 Å². The third-order valence-corrected chi connectivity index (χ3v) is 5.75. The van der Waals surface area contributed by atoms with Gasteiger partial charge in [-0.1, -0.05) is 48.5 Å². The number of carbonyl (C=O) groups excluding carboxylic acids is 2. The zero-order valence-corrected chi connectivity index (χ0v) is 19.6. The zero-order valence-electron chi connectivity index (χ0n) is 19.6. The Morgan fingerprint density at radius 3 is 2.15 bits per heavy atom. The topological polar surface area (TPSA) is 117 Å². The van der Waals surface area contributed by atoms with Crippen LogP contribution in [0.25, 0.3) is 11.1 Å². The van der Waals surface area contributed by atoms with E-state index in [4.69, 9.17) is 9.47 Å². The summed E-state index contributed by atoms with van der Waals surface area (Å²) in [5, 5.41) is 14.4. The summed E-state index contributed by atoms with van der Waals surface area (Å²) in [7, 11) is 4.86. The van der Waals surface area contributed by atoms with Gasteiger partial charge in [0.15, 0.2) is 0 Å². The van der Waals surface area contributed by atoms with E-state index >= 15 is 0 Å². The van der Waals surface area contributed by atoms with Crippen LogP contribution in [0.5, 0.6) is 0 Å². The molecule has 1 unspecified atom stereocenters. The molecule has 0 bridgehead atoms. The molecule has 0 aromatic heterocycles. The summed E-state index contributed by atoms with van der Waals surface area (Å²) < 4.78 is 10.8. The third kappa shape index (κ3) is 6.33. The third-order valence-electron chi connectivity index (χ3n) is 5.75. The van der Waals surface area contributed by atoms with E-state index in [1.54, 1.807) is 19.0 Å². The van der Waals surface area contributed by atoms with Crippen molar-refractivity contribution in [2.75, 3.05) is 40.9 Å². The average molecular weight is 470 g/mol. The maximum atomic E-state index is 12.3. The Balaban J connectivity index is 1.50. The van der Waals surface area contributed by atoms with E-state index in [1.165, 1.54) is 7.11 Å². The second kappa shape index (κ2) is 11.6. The average Bonchev–Trinajstić information content (AvgIpc) is 3.13. The molecule has 0 spiro atoms. The van der Waals surface area contributed by atoms with E-state index in [9.17, 15) is 19.5 Å². The largest absolute Gasteiger partial charge is 0.480 e. The van der Waals surface area contributed by atoms with Crippen LogP contribution in [0.4, 0.5) is 4.79 Å². The molecule has 0 aliphatic heterocycles. The van der Waals surface area contributed by atoms with Gasteiger partial charge in [0.05, 0.1) is 12.5 Å². The second-order valence-electron chi connectivity index (χ2n) is 8.49. The highest BCUT2D eigenvalue weighted by atomic mass is 16.5. The molecule has 0 fully saturated rings. The first-order valence-corrected chi connectivity index (χ1v) is 11.1. The number of likely N-dealkylation sites (N-methyl/N-ethyl adjacent to an activating group) is 1. The predicted octanol–water partition coefficient (Wildman–Crippen LogP) is 2.06. The van der Waals surface area contributed by atoms with Crippen molar-refractivity contribution in [3.63, 3.8) is 0 Å². The van der Waals surface area contributed by atoms with Gasteiger partial charge in [-0.25, -0.2) is 9.59 Å². The minimum absolute atomic E-state index is 0.0476. The fraction of sp³-hybridized carbons (Fsp3) is 0.400. The van der Waals surface area contributed by atoms with Crippen LogP contribution in [-0.4, -0.2) is 81.0 Å². The smallest absolute Gasteiger partial charge is 0.407 e. The molecule has 1 aliphatic rings. The quantitative estimate of drug-likeness (QED) is 0.461. The Hall–Kier alpha value is -3.43. The van der Waals surface area contributed by atoms with Crippen molar-refractivity contribution in [3.8, 4) is 11.1 Å². The predicted molar refractivity (Wildman–Crippen MR) is 127 cm³/mol. The molecule has 2 atom stereocenters. The van der Waals surface area contributed by atoms with Crippen molar-refractivity contribution >= 4 is 18.0 Å². The monoisotopic (exact) mass is 469 g/mol. The summed E-state index contributed by atoms with van der Waals surface area (Å²) in [6.07, 6.45) is -1.34. The van der Waals surface area contributed by atoms with E-state index in [0.717, 1.165) is 22.3 Å². The summed E-state index contributed by atoms with van der Waals surface area (Å²) in [6.45, 7) is 0.394. The van der Waals surface area contributed by atoms with Gasteiger partial charge >= 0.3 is 12.1 Å². The Kier molecular flexibility index (Phi) is 8.61. The van der Waals surface area contributed by atoms with Crippen molar-refractivity contribution in [1.29, 1.82) is 0 Å². The minimum Gasteiger partial charge on any atom is -0.480 e. The van der Waals surface area contributed by atoms with Crippen LogP contribution in [0.1, 0.15) is 23.5 Å². The second-order valence-corrected chi connectivity index (χ2v) is 8.49. The van der Waals surface area contributed by atoms with Crippen molar-refractivity contribution in [2.45, 2.75) is 24.5 Å². The van der Waals surface area contributed by atoms with Gasteiger partial charge in [-0.2, -0.15) is 0 Å². The first kappa shape index (κ1) is 25.2. The van der Waals surface area contributed by atoms with Crippen LogP contribution in [0.2, 0.25) is 0 Å². The molecule has 34 heavy (non-hydrogen) atoms. The summed E-state index contributed by atoms with van der Waals surface area (Å²) in [5.74, 6) is -1.64. The number of amides is 2. The standard InChI is InChI=1S/C25H31N3O6/c1-28(2)14-22(24(30)31)27-23(29)12-16(33-3)13-26-25(32)34-15-21-19-10-6-4-8-17(19)18-9-5-7-11-20(18)21/h4-11,16,21-22H,12-15H2,1-3H3,(H,26,32)(H,27,29)(H,30,31)/t16?,22-/m0/s1. The van der Waals surface area contributed by atoms with Crippen molar-refractivity contribution in [2.24, 2.45) is 0 Å². The van der Waals surface area contributed by atoms with Crippen LogP contribution in [-0.2, 0) is 19.1 Å². The molecule has 0 saturated carbocycles. The summed E-state index contributed by atoms with van der Waals surface area (Å²) in [6, 6.07) is 15.1. The van der Waals surface area contributed by atoms with E-state index in [1.807, 2.05) is 36.4 Å². The van der Waals surface area contributed by atoms with Crippen molar-refractivity contribution < 1.29 is 29.0 Å². The van der Waals surface area contributed by atoms with Gasteiger partial charge in [0.2, 0.25) is 5.91 Å². The molecule has 182 valence electrons. The Bertz CT molecular complexity index is 980. The number of rotatable bonds is 11. The highest BCUT2D eigenvalue weighted by molar-refractivity contribution is 5.84. The van der Waals surface area contributed by atoms with E-state index in [-0.39, 0.29) is 32.0 Å². The van der Waals surface area contributed by atoms with Gasteiger partial charge in [-0.15, -0.1) is 0 Å². The number of nitrogens with zero attached hydrogens (tertiary/aromatic N) is 1. The fourth-order valence-corrected chi connectivity index (χ4v) is 4.10. The van der Waals surface area contributed by atoms with Gasteiger partial charge in [-0.3, -0.25) is 4.79 Å². The van der Waals surface area contributed by atoms with Gasteiger partial charge in [0.25, 0.3) is 0 Å². The SMILES string of the molecule is COC(CNC(=O)OCC1c2ccccc2-c2ccccc21)CC(=O)N[C@@H](CN(C)C)C(=O)O. The lowest BCUT2D eigenvalue weighted by Gasteiger charge is -2.21. The van der Waals surface area contributed by atoms with Gasteiger partial charge in [0.1, 0.15) is 12.6 Å². The number of carboxylic acids is 1. The number of nitrogens with one attached hydrogen (secondary N) is 2. The lowest BCUT2D eigenvalue weighted by Crippen LogP contribution is -2.48. The van der Waals surface area contributed by atoms with Crippen molar-refractivity contribution in [1.82, 2.24) is 15.5 Å². The molecule has 2 aromatic rings. The molecular weight excluding hydrogens is 438 g/mol. The zero-order chi connectivity index (χ0) is 24.7. The number of methoxy groups -OCH3 is 1. The van der Waals surface area contributed by atoms with Crippen LogP contribution >= 0.6 is 0 Å². The number of hydrogen-bond acceptors (Lipinski definition) is 6. The summed E-state index contributed by atoms with van der Waals surface area (Å²) in [5.41, 5.74) is 4.53. The molecular formula is C25H31N3O6. The summed E-state index contributed by atoms with van der Waals surface area (Å²) in [4.78, 5) is 37.6. The number of aliphatic carboxylic acids is 1. The highest BCUT2D eigenvalue weighted by Crippen LogP contribution is 2.44. The molecule has 3 rings (SSSR count). The van der Waals surface area contributed by atoms with Crippen LogP contribution in [0.15, 0.2) is 48.5 Å². The van der Waals surface area contributed by atoms with Gasteiger partial charge in [-0.05, 0) is 36.3 Å². The van der Waals surface area contributed by atoms with E-state index in [0.29, 0.717) is 0 Å². The normalized spacial score (nSPS) is 14.1. The molecule has 3 N–H and O–H groups in total. The fourth-order valence-electron chi connectivity index (χ4n) is 4.10. The Morgan fingerprint density at radius 1 is 1.03 bits per heavy atom. The molecule has 0 heterocycles. The molecule has 1 aliphatic carbocycles.